The Labute approximate surface area is 132 Å². The molecule has 1 atom stereocenters. The van der Waals surface area contributed by atoms with Crippen LogP contribution in [0, 0.1) is 0 Å². The Kier molecular flexibility index (Phi) is 4.64. The smallest absolute Gasteiger partial charge is 0.215 e. The van der Waals surface area contributed by atoms with Crippen molar-refractivity contribution in [2.24, 2.45) is 0 Å². The molecular weight excluding hydrogens is 282 g/mol. The van der Waals surface area contributed by atoms with Gasteiger partial charge in [0.05, 0.1) is 5.60 Å². The predicted octanol–water partition coefficient (Wildman–Crippen LogP) is -0.0287. The molecule has 0 spiro atoms. The van der Waals surface area contributed by atoms with Crippen LogP contribution in [-0.2, 0) is 14.3 Å². The molecule has 0 aromatic carbocycles. The lowest BCUT2D eigenvalue weighted by Crippen LogP contribution is -2.52. The highest BCUT2D eigenvalue weighted by molar-refractivity contribution is 6.27. The Morgan fingerprint density at radius 2 is 1.86 bits per heavy atom. The van der Waals surface area contributed by atoms with E-state index in [9.17, 15) is 9.59 Å². The zero-order valence-electron chi connectivity index (χ0n) is 13.7. The summed E-state index contributed by atoms with van der Waals surface area (Å²) in [5.74, 6) is -0.374. The molecule has 3 fully saturated rings. The highest BCUT2D eigenvalue weighted by Gasteiger charge is 2.45. The maximum absolute atomic E-state index is 11.9. The third-order valence-electron chi connectivity index (χ3n) is 5.19. The molecule has 0 aromatic rings. The fraction of sp³-hybridized carbons (Fsp3) is 0.875. The zero-order valence-corrected chi connectivity index (χ0v) is 13.7. The number of hydrogen-bond donors (Lipinski definition) is 0. The van der Waals surface area contributed by atoms with Crippen molar-refractivity contribution < 1.29 is 14.3 Å². The first-order valence-corrected chi connectivity index (χ1v) is 8.35. The summed E-state index contributed by atoms with van der Waals surface area (Å²) in [5, 5.41) is 0. The van der Waals surface area contributed by atoms with Gasteiger partial charge in [0.1, 0.15) is 12.8 Å². The van der Waals surface area contributed by atoms with Gasteiger partial charge in [-0.25, -0.2) is 0 Å². The lowest BCUT2D eigenvalue weighted by molar-refractivity contribution is -0.134. The molecule has 22 heavy (non-hydrogen) atoms. The third-order valence-corrected chi connectivity index (χ3v) is 5.19. The van der Waals surface area contributed by atoms with Crippen molar-refractivity contribution in [2.75, 3.05) is 46.0 Å². The van der Waals surface area contributed by atoms with Crippen LogP contribution in [0.1, 0.15) is 26.7 Å². The lowest BCUT2D eigenvalue weighted by Gasteiger charge is -2.36. The summed E-state index contributed by atoms with van der Waals surface area (Å²) in [6.07, 6.45) is 3.17. The van der Waals surface area contributed by atoms with Crippen molar-refractivity contribution in [3.8, 4) is 0 Å². The average Bonchev–Trinajstić information content (AvgIpc) is 3.30. The molecule has 124 valence electrons. The van der Waals surface area contributed by atoms with Crippen LogP contribution in [0.4, 0.5) is 0 Å². The number of rotatable bonds is 6. The Balaban J connectivity index is 1.48. The molecule has 3 aliphatic rings. The first-order valence-electron chi connectivity index (χ1n) is 8.35. The number of ether oxygens (including phenoxy) is 1. The monoisotopic (exact) mass is 309 g/mol. The number of carbonyl (C=O) groups excluding carboxylic acids is 2. The molecule has 6 heteroatoms. The van der Waals surface area contributed by atoms with Crippen LogP contribution in [0.15, 0.2) is 0 Å². The SMILES string of the molecule is CC1(C)OCN(CCN2CCN(C3CC3)CC2)C1C(=O)C=O. The second-order valence-corrected chi connectivity index (χ2v) is 7.22. The minimum absolute atomic E-state index is 0.374. The van der Waals surface area contributed by atoms with E-state index in [-0.39, 0.29) is 5.78 Å². The van der Waals surface area contributed by atoms with E-state index in [1.54, 1.807) is 0 Å². The van der Waals surface area contributed by atoms with E-state index in [2.05, 4.69) is 9.80 Å². The van der Waals surface area contributed by atoms with Crippen LogP contribution in [-0.4, -0.2) is 90.5 Å². The van der Waals surface area contributed by atoms with Crippen molar-refractivity contribution in [3.05, 3.63) is 0 Å². The predicted molar refractivity (Wildman–Crippen MR) is 82.6 cm³/mol. The summed E-state index contributed by atoms with van der Waals surface area (Å²) < 4.78 is 5.70. The minimum Gasteiger partial charge on any atom is -0.358 e. The van der Waals surface area contributed by atoms with E-state index < -0.39 is 11.6 Å². The maximum Gasteiger partial charge on any atom is 0.215 e. The van der Waals surface area contributed by atoms with Crippen molar-refractivity contribution in [2.45, 2.75) is 44.4 Å². The molecule has 0 radical (unpaired) electrons. The molecule has 2 aliphatic heterocycles. The molecular formula is C16H27N3O3. The van der Waals surface area contributed by atoms with Crippen LogP contribution in [0.25, 0.3) is 0 Å². The largest absolute Gasteiger partial charge is 0.358 e. The number of piperazine rings is 1. The van der Waals surface area contributed by atoms with E-state index >= 15 is 0 Å². The molecule has 1 aliphatic carbocycles. The Bertz CT molecular complexity index is 428. The summed E-state index contributed by atoms with van der Waals surface area (Å²) in [6.45, 7) is 10.4. The first kappa shape index (κ1) is 16.1. The molecule has 1 saturated carbocycles. The van der Waals surface area contributed by atoms with Crippen molar-refractivity contribution in [1.29, 1.82) is 0 Å². The van der Waals surface area contributed by atoms with Gasteiger partial charge in [-0.05, 0) is 26.7 Å². The number of nitrogens with zero attached hydrogens (tertiary/aromatic N) is 3. The quantitative estimate of drug-likeness (QED) is 0.507. The van der Waals surface area contributed by atoms with Gasteiger partial charge in [0.2, 0.25) is 5.78 Å². The van der Waals surface area contributed by atoms with Gasteiger partial charge in [0.25, 0.3) is 0 Å². The molecule has 2 heterocycles. The Hall–Kier alpha value is -0.820. The first-order chi connectivity index (χ1) is 10.5. The molecule has 0 N–H and O–H groups in total. The van der Waals surface area contributed by atoms with Gasteiger partial charge < -0.3 is 4.74 Å². The van der Waals surface area contributed by atoms with Gasteiger partial charge >= 0.3 is 0 Å². The molecule has 0 aromatic heterocycles. The molecule has 6 nitrogen and oxygen atoms in total. The van der Waals surface area contributed by atoms with E-state index in [4.69, 9.17) is 4.74 Å². The van der Waals surface area contributed by atoms with Gasteiger partial charge in [-0.15, -0.1) is 0 Å². The van der Waals surface area contributed by atoms with Crippen LogP contribution >= 0.6 is 0 Å². The normalized spacial score (nSPS) is 30.5. The van der Waals surface area contributed by atoms with Crippen LogP contribution in [0.3, 0.4) is 0 Å². The van der Waals surface area contributed by atoms with Crippen molar-refractivity contribution in [3.63, 3.8) is 0 Å². The maximum atomic E-state index is 11.9. The topological polar surface area (TPSA) is 53.1 Å². The molecule has 2 saturated heterocycles. The van der Waals surface area contributed by atoms with E-state index in [1.165, 1.54) is 12.8 Å². The second-order valence-electron chi connectivity index (χ2n) is 7.22. The molecule has 3 rings (SSSR count). The summed E-state index contributed by atoms with van der Waals surface area (Å²) in [6, 6.07) is 0.405. The molecule has 1 unspecified atom stereocenters. The summed E-state index contributed by atoms with van der Waals surface area (Å²) in [7, 11) is 0. The average molecular weight is 309 g/mol. The standard InChI is InChI=1S/C16H27N3O3/c1-16(2)15(14(21)11-20)19(12-22-16)10-7-17-5-8-18(9-6-17)13-3-4-13/h11,13,15H,3-10,12H2,1-2H3. The highest BCUT2D eigenvalue weighted by Crippen LogP contribution is 2.29. The molecule has 0 bridgehead atoms. The van der Waals surface area contributed by atoms with E-state index in [1.807, 2.05) is 18.7 Å². The van der Waals surface area contributed by atoms with Crippen molar-refractivity contribution in [1.82, 2.24) is 14.7 Å². The van der Waals surface area contributed by atoms with Crippen LogP contribution in [0.2, 0.25) is 0 Å². The summed E-state index contributed by atoms with van der Waals surface area (Å²) in [4.78, 5) is 29.8. The van der Waals surface area contributed by atoms with Crippen LogP contribution in [0.5, 0.6) is 0 Å². The zero-order chi connectivity index (χ0) is 15.7. The number of Topliss-reactive ketones (excluding diaryl/α,β-unsaturated/α-hetero) is 1. The minimum atomic E-state index is -0.581. The second kappa shape index (κ2) is 6.35. The van der Waals surface area contributed by atoms with Gasteiger partial charge in [-0.3, -0.25) is 24.3 Å². The van der Waals surface area contributed by atoms with Gasteiger partial charge in [0, 0.05) is 45.3 Å². The van der Waals surface area contributed by atoms with Gasteiger partial charge in [0.15, 0.2) is 6.29 Å². The van der Waals surface area contributed by atoms with Crippen LogP contribution < -0.4 is 0 Å². The Morgan fingerprint density at radius 3 is 2.45 bits per heavy atom. The Morgan fingerprint density at radius 1 is 1.18 bits per heavy atom. The fourth-order valence-electron chi connectivity index (χ4n) is 3.68. The van der Waals surface area contributed by atoms with Gasteiger partial charge in [-0.2, -0.15) is 0 Å². The number of ketones is 1. The van der Waals surface area contributed by atoms with E-state index in [0.29, 0.717) is 13.0 Å². The van der Waals surface area contributed by atoms with E-state index in [0.717, 1.165) is 45.3 Å². The fourth-order valence-corrected chi connectivity index (χ4v) is 3.68. The van der Waals surface area contributed by atoms with Crippen molar-refractivity contribution >= 4 is 12.1 Å². The molecule has 0 amide bonds. The summed E-state index contributed by atoms with van der Waals surface area (Å²) in [5.41, 5.74) is -0.581. The van der Waals surface area contributed by atoms with Gasteiger partial charge in [-0.1, -0.05) is 0 Å². The highest BCUT2D eigenvalue weighted by atomic mass is 16.5. The summed E-state index contributed by atoms with van der Waals surface area (Å²) >= 11 is 0. The number of aldehydes is 1. The lowest BCUT2D eigenvalue weighted by atomic mass is 9.95. The third kappa shape index (κ3) is 3.40. The number of carbonyl (C=O) groups is 2. The number of hydrogen-bond acceptors (Lipinski definition) is 6.